The van der Waals surface area contributed by atoms with Crippen molar-refractivity contribution in [1.29, 1.82) is 0 Å². The van der Waals surface area contributed by atoms with Gasteiger partial charge in [-0.2, -0.15) is 13.2 Å². The lowest BCUT2D eigenvalue weighted by molar-refractivity contribution is -0.205. The summed E-state index contributed by atoms with van der Waals surface area (Å²) in [4.78, 5) is 40.4. The lowest BCUT2D eigenvalue weighted by Gasteiger charge is -2.34. The van der Waals surface area contributed by atoms with Crippen LogP contribution in [0.2, 0.25) is 0 Å². The van der Waals surface area contributed by atoms with Gasteiger partial charge in [0.2, 0.25) is 11.8 Å². The number of likely N-dealkylation sites (tertiary alicyclic amines) is 1. The highest BCUT2D eigenvalue weighted by molar-refractivity contribution is 5.95. The van der Waals surface area contributed by atoms with Crippen LogP contribution in [0.4, 0.5) is 23.9 Å². The second-order valence-corrected chi connectivity index (χ2v) is 12.8. The number of anilines is 1. The first-order valence-electron chi connectivity index (χ1n) is 15.7. The van der Waals surface area contributed by atoms with Gasteiger partial charge >= 0.3 is 12.3 Å². The fourth-order valence-corrected chi connectivity index (χ4v) is 5.52. The number of hydrogen-bond acceptors (Lipinski definition) is 9. The number of ketones is 1. The van der Waals surface area contributed by atoms with Gasteiger partial charge in [-0.05, 0) is 75.2 Å². The van der Waals surface area contributed by atoms with E-state index in [0.29, 0.717) is 52.4 Å². The summed E-state index contributed by atoms with van der Waals surface area (Å²) in [5, 5.41) is 14.0. The second-order valence-electron chi connectivity index (χ2n) is 12.8. The van der Waals surface area contributed by atoms with Crippen LogP contribution in [0.15, 0.2) is 60.9 Å². The molecule has 13 heteroatoms. The zero-order valence-corrected chi connectivity index (χ0v) is 27.2. The minimum Gasteiger partial charge on any atom is -0.444 e. The van der Waals surface area contributed by atoms with E-state index in [-0.39, 0.29) is 24.4 Å². The number of amides is 1. The van der Waals surface area contributed by atoms with E-state index in [1.165, 1.54) is 0 Å². The molecule has 2 aromatic carbocycles. The number of hydrogen-bond donors (Lipinski definition) is 2. The zero-order chi connectivity index (χ0) is 34.6. The van der Waals surface area contributed by atoms with Crippen LogP contribution < -0.4 is 10.1 Å². The van der Waals surface area contributed by atoms with Crippen molar-refractivity contribution in [2.75, 3.05) is 18.4 Å². The summed E-state index contributed by atoms with van der Waals surface area (Å²) in [6.07, 6.45) is -4.41. The number of aromatic nitrogens is 3. The van der Waals surface area contributed by atoms with Crippen molar-refractivity contribution in [1.82, 2.24) is 19.9 Å². The third-order valence-electron chi connectivity index (χ3n) is 7.79. The molecule has 1 amide bonds. The van der Waals surface area contributed by atoms with Gasteiger partial charge in [-0.15, -0.1) is 0 Å². The highest BCUT2D eigenvalue weighted by Gasteiger charge is 2.39. The summed E-state index contributed by atoms with van der Waals surface area (Å²) in [6, 6.07) is 14.0. The molecule has 2 N–H and O–H groups in total. The molecule has 2 aromatic heterocycles. The van der Waals surface area contributed by atoms with Crippen LogP contribution in [0.1, 0.15) is 51.2 Å². The van der Waals surface area contributed by atoms with E-state index in [2.05, 4.69) is 15.3 Å². The first kappa shape index (κ1) is 34.6. The van der Waals surface area contributed by atoms with Gasteiger partial charge in [0, 0.05) is 49.8 Å². The number of aliphatic hydroxyl groups is 1. The highest BCUT2D eigenvalue weighted by Crippen LogP contribution is 2.38. The average molecular weight is 666 g/mol. The molecule has 0 saturated carbocycles. The lowest BCUT2D eigenvalue weighted by atomic mass is 9.96. The first-order chi connectivity index (χ1) is 22.7. The smallest absolute Gasteiger partial charge is 0.414 e. The minimum atomic E-state index is -4.87. The van der Waals surface area contributed by atoms with E-state index in [0.717, 1.165) is 18.4 Å². The predicted molar refractivity (Wildman–Crippen MR) is 174 cm³/mol. The Morgan fingerprint density at radius 1 is 1.04 bits per heavy atom. The number of alkyl halides is 3. The normalized spacial score (nSPS) is 16.0. The van der Waals surface area contributed by atoms with E-state index >= 15 is 0 Å². The number of nitrogens with one attached hydrogen (secondary N) is 1. The van der Waals surface area contributed by atoms with E-state index in [1.807, 2.05) is 33.8 Å². The Kier molecular flexibility index (Phi) is 10.2. The third-order valence-corrected chi connectivity index (χ3v) is 7.79. The van der Waals surface area contributed by atoms with Gasteiger partial charge < -0.3 is 24.8 Å². The fraction of sp³-hybridized carbons (Fsp3) is 0.400. The molecule has 3 heterocycles. The molecular weight excluding hydrogens is 627 g/mol. The Bertz CT molecular complexity index is 1790. The molecule has 1 unspecified atom stereocenters. The third kappa shape index (κ3) is 8.57. The van der Waals surface area contributed by atoms with Crippen molar-refractivity contribution in [3.8, 4) is 22.9 Å². The Balaban J connectivity index is 1.37. The molecule has 5 rings (SSSR count). The van der Waals surface area contributed by atoms with Gasteiger partial charge in [0.25, 0.3) is 0 Å². The minimum absolute atomic E-state index is 0.0812. The maximum atomic E-state index is 12.8. The number of aryl methyl sites for hydroxylation is 1. The van der Waals surface area contributed by atoms with Crippen LogP contribution in [0.5, 0.6) is 11.6 Å². The van der Waals surface area contributed by atoms with Gasteiger partial charge in [0.05, 0.1) is 11.3 Å². The number of nitrogens with zero attached hydrogens (tertiary/aromatic N) is 4. The number of ether oxygens (including phenoxy) is 2. The topological polar surface area (TPSA) is 127 Å². The largest absolute Gasteiger partial charge is 0.444 e. The van der Waals surface area contributed by atoms with Crippen molar-refractivity contribution < 1.29 is 37.3 Å². The molecule has 0 spiro atoms. The fourth-order valence-electron chi connectivity index (χ4n) is 5.52. The number of fused-ring (bicyclic) bond motifs is 1. The highest BCUT2D eigenvalue weighted by atomic mass is 19.4. The van der Waals surface area contributed by atoms with Crippen molar-refractivity contribution in [3.05, 3.63) is 72.1 Å². The van der Waals surface area contributed by atoms with E-state index in [9.17, 15) is 27.9 Å². The quantitative estimate of drug-likeness (QED) is 0.194. The molecule has 1 aliphatic heterocycles. The van der Waals surface area contributed by atoms with Crippen LogP contribution >= 0.6 is 0 Å². The van der Waals surface area contributed by atoms with Crippen molar-refractivity contribution >= 4 is 28.6 Å². The van der Waals surface area contributed by atoms with Gasteiger partial charge in [-0.3, -0.25) is 4.79 Å². The number of halogens is 3. The van der Waals surface area contributed by atoms with Gasteiger partial charge in [0.15, 0.2) is 6.10 Å². The maximum absolute atomic E-state index is 12.8. The van der Waals surface area contributed by atoms with Crippen LogP contribution in [0, 0.1) is 6.92 Å². The summed E-state index contributed by atoms with van der Waals surface area (Å²) in [5.41, 5.74) is 1.83. The van der Waals surface area contributed by atoms with Gasteiger partial charge in [0.1, 0.15) is 17.1 Å². The SMILES string of the molecule is Cc1ccc2c(CC(=O)CC(O)C(F)(F)F)cccc2c1Oc1ncccc1-c1ccnc(N[C@H]2CCCN(C(=O)OC(C)(C)C)C2)n1. The van der Waals surface area contributed by atoms with Gasteiger partial charge in [-0.25, -0.2) is 19.7 Å². The van der Waals surface area contributed by atoms with Gasteiger partial charge in [-0.1, -0.05) is 30.3 Å². The summed E-state index contributed by atoms with van der Waals surface area (Å²) in [6.45, 7) is 8.41. The van der Waals surface area contributed by atoms with Crippen LogP contribution in [0.25, 0.3) is 22.0 Å². The Hall–Kier alpha value is -4.78. The van der Waals surface area contributed by atoms with Crippen LogP contribution in [0.3, 0.4) is 0 Å². The molecule has 1 saturated heterocycles. The van der Waals surface area contributed by atoms with E-state index in [1.54, 1.807) is 59.8 Å². The average Bonchev–Trinajstić information content (AvgIpc) is 3.02. The molecule has 254 valence electrons. The number of carbonyl (C=O) groups is 2. The molecule has 1 aliphatic rings. The number of Topliss-reactive ketones (excluding diaryl/α,β-unsaturated/α-hetero) is 1. The van der Waals surface area contributed by atoms with Crippen molar-refractivity contribution in [2.24, 2.45) is 0 Å². The Morgan fingerprint density at radius 2 is 1.83 bits per heavy atom. The number of benzene rings is 2. The molecular formula is C35H38F3N5O5. The standard InChI is InChI=1S/C35H38F3N5O5/c1-21-12-13-25-22(18-24(44)19-29(45)35(36,37)38)8-5-10-26(25)30(21)47-31-27(11-6-15-39-31)28-14-16-40-32(42-28)41-23-9-7-17-43(20-23)33(46)48-34(2,3)4/h5-6,8,10-16,23,29,45H,7,9,17-20H2,1-4H3,(H,40,41,42)/t23-,29?/m0/s1. The van der Waals surface area contributed by atoms with E-state index in [4.69, 9.17) is 14.5 Å². The number of piperidine rings is 1. The Labute approximate surface area is 276 Å². The molecule has 1 fully saturated rings. The predicted octanol–water partition coefficient (Wildman–Crippen LogP) is 7.03. The Morgan fingerprint density at radius 3 is 2.58 bits per heavy atom. The first-order valence-corrected chi connectivity index (χ1v) is 15.7. The maximum Gasteiger partial charge on any atom is 0.414 e. The number of aliphatic hydroxyl groups excluding tert-OH is 1. The monoisotopic (exact) mass is 665 g/mol. The number of rotatable bonds is 9. The molecule has 0 radical (unpaired) electrons. The zero-order valence-electron chi connectivity index (χ0n) is 27.2. The van der Waals surface area contributed by atoms with E-state index < -0.39 is 30.1 Å². The summed E-state index contributed by atoms with van der Waals surface area (Å²) in [7, 11) is 0. The number of carbonyl (C=O) groups excluding carboxylic acids is 2. The molecule has 2 atom stereocenters. The summed E-state index contributed by atoms with van der Waals surface area (Å²) in [5.74, 6) is 0.376. The summed E-state index contributed by atoms with van der Waals surface area (Å²) >= 11 is 0. The second kappa shape index (κ2) is 14.1. The van der Waals surface area contributed by atoms with Crippen molar-refractivity contribution in [3.63, 3.8) is 0 Å². The lowest BCUT2D eigenvalue weighted by Crippen LogP contribution is -2.47. The van der Waals surface area contributed by atoms with Crippen molar-refractivity contribution in [2.45, 2.75) is 77.3 Å². The molecule has 0 bridgehead atoms. The molecule has 4 aromatic rings. The molecule has 0 aliphatic carbocycles. The van der Waals surface area contributed by atoms with Crippen LogP contribution in [-0.4, -0.2) is 73.8 Å². The number of pyridine rings is 1. The van der Waals surface area contributed by atoms with Crippen LogP contribution in [-0.2, 0) is 16.0 Å². The summed E-state index contributed by atoms with van der Waals surface area (Å²) < 4.78 is 50.4. The molecule has 10 nitrogen and oxygen atoms in total. The molecule has 48 heavy (non-hydrogen) atoms.